The van der Waals surface area contributed by atoms with Crippen LogP contribution in [-0.4, -0.2) is 10.9 Å². The summed E-state index contributed by atoms with van der Waals surface area (Å²) < 4.78 is 5.49. The normalized spacial score (nSPS) is 16.1. The summed E-state index contributed by atoms with van der Waals surface area (Å²) in [6.45, 7) is 1.95. The zero-order valence-corrected chi connectivity index (χ0v) is 13.9. The van der Waals surface area contributed by atoms with Crippen molar-refractivity contribution in [2.45, 2.75) is 51.4 Å². The molecule has 1 N–H and O–H groups in total. The van der Waals surface area contributed by atoms with Gasteiger partial charge in [-0.1, -0.05) is 43.7 Å². The smallest absolute Gasteiger partial charge is 0.343 e. The van der Waals surface area contributed by atoms with Crippen molar-refractivity contribution in [3.05, 3.63) is 63.2 Å². The van der Waals surface area contributed by atoms with Crippen molar-refractivity contribution >= 4 is 5.78 Å². The molecule has 0 amide bonds. The molecule has 3 rings (SSSR count). The molecule has 0 unspecified atom stereocenters. The Bertz CT molecular complexity index is 789. The lowest BCUT2D eigenvalue weighted by Crippen LogP contribution is -2.19. The van der Waals surface area contributed by atoms with E-state index >= 15 is 0 Å². The highest BCUT2D eigenvalue weighted by Gasteiger charge is 2.29. The number of fused-ring (bicyclic) bond motifs is 1. The topological polar surface area (TPSA) is 67.5 Å². The van der Waals surface area contributed by atoms with Crippen LogP contribution >= 0.6 is 0 Å². The average molecular weight is 326 g/mol. The van der Waals surface area contributed by atoms with Gasteiger partial charge in [0.2, 0.25) is 0 Å². The first kappa shape index (κ1) is 16.5. The van der Waals surface area contributed by atoms with Crippen LogP contribution in [0.3, 0.4) is 0 Å². The number of aromatic hydroxyl groups is 1. The summed E-state index contributed by atoms with van der Waals surface area (Å²) in [5.74, 6) is -0.251. The maximum Gasteiger partial charge on any atom is 0.343 e. The van der Waals surface area contributed by atoms with Crippen LogP contribution in [0.5, 0.6) is 5.75 Å². The van der Waals surface area contributed by atoms with E-state index in [2.05, 4.69) is 0 Å². The summed E-state index contributed by atoms with van der Waals surface area (Å²) in [4.78, 5) is 25.0. The molecule has 0 radical (unpaired) electrons. The summed E-state index contributed by atoms with van der Waals surface area (Å²) >= 11 is 0. The lowest BCUT2D eigenvalue weighted by atomic mass is 9.86. The van der Waals surface area contributed by atoms with Gasteiger partial charge in [0.25, 0.3) is 0 Å². The van der Waals surface area contributed by atoms with E-state index in [9.17, 15) is 14.7 Å². The molecule has 126 valence electrons. The second-order valence-electron chi connectivity index (χ2n) is 6.31. The second kappa shape index (κ2) is 7.04. The van der Waals surface area contributed by atoms with E-state index in [4.69, 9.17) is 4.42 Å². The molecular formula is C20H22O4. The quantitative estimate of drug-likeness (QED) is 0.918. The molecule has 2 aromatic rings. The Morgan fingerprint density at radius 3 is 2.50 bits per heavy atom. The number of aryl methyl sites for hydroxylation is 1. The van der Waals surface area contributed by atoms with Gasteiger partial charge in [-0.25, -0.2) is 4.79 Å². The fraction of sp³-hybridized carbons (Fsp3) is 0.400. The van der Waals surface area contributed by atoms with Crippen LogP contribution in [0, 0.1) is 0 Å². The molecule has 0 saturated carbocycles. The fourth-order valence-corrected chi connectivity index (χ4v) is 3.52. The van der Waals surface area contributed by atoms with Crippen LogP contribution in [-0.2, 0) is 6.42 Å². The van der Waals surface area contributed by atoms with Gasteiger partial charge in [0.15, 0.2) is 5.78 Å². The Labute approximate surface area is 141 Å². The van der Waals surface area contributed by atoms with Crippen molar-refractivity contribution in [3.8, 4) is 5.75 Å². The molecule has 1 atom stereocenters. The predicted octanol–water partition coefficient (Wildman–Crippen LogP) is 4.19. The largest absolute Gasteiger partial charge is 0.506 e. The third kappa shape index (κ3) is 3.01. The molecule has 0 aliphatic heterocycles. The van der Waals surface area contributed by atoms with Crippen molar-refractivity contribution in [1.29, 1.82) is 0 Å². The molecule has 0 fully saturated rings. The van der Waals surface area contributed by atoms with Gasteiger partial charge >= 0.3 is 5.63 Å². The lowest BCUT2D eigenvalue weighted by molar-refractivity contribution is 0.0968. The lowest BCUT2D eigenvalue weighted by Gasteiger charge is -2.19. The molecule has 0 bridgehead atoms. The summed E-state index contributed by atoms with van der Waals surface area (Å²) in [7, 11) is 0. The standard InChI is InChI=1S/C20H22O4/c1-2-14(13-9-5-3-6-10-13)17-19(22)18-15(21)11-7-4-8-12-16(18)24-20(17)23/h3,5-6,9-10,14,22H,2,4,7-8,11-12H2,1H3/t14-/m0/s1. The Morgan fingerprint density at radius 2 is 1.79 bits per heavy atom. The molecule has 1 aliphatic carbocycles. The Balaban J connectivity index is 2.18. The number of ketones is 1. The van der Waals surface area contributed by atoms with E-state index in [1.165, 1.54) is 0 Å². The van der Waals surface area contributed by atoms with E-state index in [1.54, 1.807) is 0 Å². The number of hydrogen-bond acceptors (Lipinski definition) is 4. The third-order valence-electron chi connectivity index (χ3n) is 4.75. The van der Waals surface area contributed by atoms with Gasteiger partial charge in [-0.2, -0.15) is 0 Å². The molecule has 1 aromatic heterocycles. The zero-order valence-electron chi connectivity index (χ0n) is 13.9. The minimum absolute atomic E-state index is 0.130. The van der Waals surface area contributed by atoms with Gasteiger partial charge in [0.05, 0.1) is 11.1 Å². The summed E-state index contributed by atoms with van der Waals surface area (Å²) in [5.41, 5.74) is 0.825. The van der Waals surface area contributed by atoms with Crippen LogP contribution in [0.1, 0.15) is 72.2 Å². The van der Waals surface area contributed by atoms with Gasteiger partial charge in [-0.3, -0.25) is 4.79 Å². The van der Waals surface area contributed by atoms with Gasteiger partial charge in [0, 0.05) is 18.8 Å². The number of carbonyl (C=O) groups is 1. The van der Waals surface area contributed by atoms with Gasteiger partial charge < -0.3 is 9.52 Å². The maximum atomic E-state index is 12.6. The fourth-order valence-electron chi connectivity index (χ4n) is 3.52. The molecule has 1 heterocycles. The van der Waals surface area contributed by atoms with Crippen LogP contribution in [0.2, 0.25) is 0 Å². The first-order chi connectivity index (χ1) is 11.6. The summed E-state index contributed by atoms with van der Waals surface area (Å²) in [5, 5.41) is 10.8. The van der Waals surface area contributed by atoms with Crippen LogP contribution in [0.4, 0.5) is 0 Å². The number of Topliss-reactive ketones (excluding diaryl/α,β-unsaturated/α-hetero) is 1. The second-order valence-corrected chi connectivity index (χ2v) is 6.31. The van der Waals surface area contributed by atoms with Crippen LogP contribution in [0.15, 0.2) is 39.5 Å². The van der Waals surface area contributed by atoms with E-state index in [0.29, 0.717) is 25.0 Å². The van der Waals surface area contributed by atoms with E-state index in [0.717, 1.165) is 24.8 Å². The highest BCUT2D eigenvalue weighted by atomic mass is 16.4. The number of benzene rings is 1. The molecule has 0 spiro atoms. The van der Waals surface area contributed by atoms with Crippen LogP contribution in [0.25, 0.3) is 0 Å². The van der Waals surface area contributed by atoms with Gasteiger partial charge in [-0.15, -0.1) is 0 Å². The highest BCUT2D eigenvalue weighted by molar-refractivity contribution is 5.99. The highest BCUT2D eigenvalue weighted by Crippen LogP contribution is 2.36. The van der Waals surface area contributed by atoms with E-state index in [1.807, 2.05) is 37.3 Å². The minimum atomic E-state index is -0.532. The summed E-state index contributed by atoms with van der Waals surface area (Å²) in [6, 6.07) is 9.55. The average Bonchev–Trinajstić information content (AvgIpc) is 2.57. The number of rotatable bonds is 3. The number of hydrogen-bond donors (Lipinski definition) is 1. The Morgan fingerprint density at radius 1 is 1.08 bits per heavy atom. The van der Waals surface area contributed by atoms with E-state index < -0.39 is 5.63 Å². The van der Waals surface area contributed by atoms with E-state index in [-0.39, 0.29) is 28.6 Å². The SMILES string of the molecule is CC[C@@H](c1ccccc1)c1c(O)c2c(oc1=O)CCCCCC2=O. The van der Waals surface area contributed by atoms with Crippen molar-refractivity contribution in [1.82, 2.24) is 0 Å². The third-order valence-corrected chi connectivity index (χ3v) is 4.75. The molecule has 4 nitrogen and oxygen atoms in total. The summed E-state index contributed by atoms with van der Waals surface area (Å²) in [6.07, 6.45) is 4.14. The molecule has 1 aromatic carbocycles. The van der Waals surface area contributed by atoms with Gasteiger partial charge in [-0.05, 0) is 24.8 Å². The Hall–Kier alpha value is -2.36. The Kier molecular flexibility index (Phi) is 4.84. The molecule has 1 aliphatic rings. The molecule has 4 heteroatoms. The van der Waals surface area contributed by atoms with Crippen molar-refractivity contribution < 1.29 is 14.3 Å². The van der Waals surface area contributed by atoms with Gasteiger partial charge in [0.1, 0.15) is 11.5 Å². The molecular weight excluding hydrogens is 304 g/mol. The monoisotopic (exact) mass is 326 g/mol. The minimum Gasteiger partial charge on any atom is -0.506 e. The maximum absolute atomic E-state index is 12.6. The first-order valence-corrected chi connectivity index (χ1v) is 8.60. The number of carbonyl (C=O) groups excluding carboxylic acids is 1. The molecule has 0 saturated heterocycles. The van der Waals surface area contributed by atoms with Crippen LogP contribution < -0.4 is 5.63 Å². The molecule has 24 heavy (non-hydrogen) atoms. The first-order valence-electron chi connectivity index (χ1n) is 8.60. The van der Waals surface area contributed by atoms with Crippen molar-refractivity contribution in [2.24, 2.45) is 0 Å². The van der Waals surface area contributed by atoms with Crippen molar-refractivity contribution in [2.75, 3.05) is 0 Å². The predicted molar refractivity (Wildman–Crippen MR) is 91.7 cm³/mol. The zero-order chi connectivity index (χ0) is 17.1. The van der Waals surface area contributed by atoms with Crippen molar-refractivity contribution in [3.63, 3.8) is 0 Å².